The summed E-state index contributed by atoms with van der Waals surface area (Å²) in [7, 11) is 0. The predicted octanol–water partition coefficient (Wildman–Crippen LogP) is 5.22. The normalized spacial score (nSPS) is 18.4. The van der Waals surface area contributed by atoms with Crippen LogP contribution < -0.4 is 5.32 Å². The number of amides is 1. The van der Waals surface area contributed by atoms with Crippen molar-refractivity contribution in [3.63, 3.8) is 0 Å². The number of aromatic nitrogens is 2. The highest BCUT2D eigenvalue weighted by Gasteiger charge is 2.34. The first-order valence-electron chi connectivity index (χ1n) is 10.4. The van der Waals surface area contributed by atoms with E-state index in [0.29, 0.717) is 37.3 Å². The van der Waals surface area contributed by atoms with Gasteiger partial charge >= 0.3 is 0 Å². The van der Waals surface area contributed by atoms with E-state index in [1.54, 1.807) is 6.20 Å². The monoisotopic (exact) mass is 419 g/mol. The van der Waals surface area contributed by atoms with E-state index >= 15 is 0 Å². The molecule has 2 aliphatic rings. The van der Waals surface area contributed by atoms with E-state index in [1.165, 1.54) is 0 Å². The first kappa shape index (κ1) is 19.2. The molecule has 2 fully saturated rings. The maximum absolute atomic E-state index is 12.2. The summed E-state index contributed by atoms with van der Waals surface area (Å²) in [5, 5.41) is 4.99. The molecule has 2 aliphatic carbocycles. The second-order valence-electron chi connectivity index (χ2n) is 8.30. The van der Waals surface area contributed by atoms with Crippen LogP contribution in [-0.2, 0) is 14.5 Å². The van der Waals surface area contributed by atoms with Crippen LogP contribution >= 0.6 is 11.6 Å². The fourth-order valence-electron chi connectivity index (χ4n) is 4.06. The van der Waals surface area contributed by atoms with Crippen LogP contribution in [0.2, 0.25) is 0 Å². The number of carbonyl (C=O) groups is 2. The third kappa shape index (κ3) is 3.70. The number of hydrogen-bond donors (Lipinski definition) is 1. The van der Waals surface area contributed by atoms with Gasteiger partial charge in [-0.2, -0.15) is 0 Å². The number of halogens is 1. The van der Waals surface area contributed by atoms with Crippen LogP contribution in [0.4, 0.5) is 5.82 Å². The molecule has 3 aromatic rings. The van der Waals surface area contributed by atoms with E-state index in [0.717, 1.165) is 40.4 Å². The number of rotatable bonds is 4. The van der Waals surface area contributed by atoms with Gasteiger partial charge in [-0.3, -0.25) is 14.6 Å². The number of anilines is 1. The summed E-state index contributed by atoms with van der Waals surface area (Å²) in [4.78, 5) is 32.3. The van der Waals surface area contributed by atoms with Gasteiger partial charge in [0.25, 0.3) is 0 Å². The van der Waals surface area contributed by atoms with Crippen molar-refractivity contribution in [2.75, 3.05) is 5.32 Å². The van der Waals surface area contributed by atoms with Gasteiger partial charge in [0.1, 0.15) is 11.6 Å². The van der Waals surface area contributed by atoms with E-state index in [-0.39, 0.29) is 11.8 Å². The van der Waals surface area contributed by atoms with E-state index in [4.69, 9.17) is 11.6 Å². The third-order valence-electron chi connectivity index (χ3n) is 6.11. The Labute approximate surface area is 179 Å². The summed E-state index contributed by atoms with van der Waals surface area (Å²) < 4.78 is 0. The maximum atomic E-state index is 12.2. The Bertz CT molecular complexity index is 1150. The molecule has 1 aromatic carbocycles. The molecule has 2 aromatic heterocycles. The average Bonchev–Trinajstić information content (AvgIpc) is 3.61. The quantitative estimate of drug-likeness (QED) is 0.588. The van der Waals surface area contributed by atoms with Gasteiger partial charge in [0.15, 0.2) is 0 Å². The maximum Gasteiger partial charge on any atom is 0.228 e. The SMILES string of the molecule is O=C1CCC(Cl)(c2ccc3cc(-c4cccnc4NC(=O)C4CC4)ncc3c2)CC1. The topological polar surface area (TPSA) is 72.0 Å². The van der Waals surface area contributed by atoms with Gasteiger partial charge in [-0.25, -0.2) is 4.98 Å². The summed E-state index contributed by atoms with van der Waals surface area (Å²) in [6, 6.07) is 12.0. The van der Waals surface area contributed by atoms with E-state index in [1.807, 2.05) is 30.5 Å². The van der Waals surface area contributed by atoms with Crippen molar-refractivity contribution in [1.29, 1.82) is 0 Å². The van der Waals surface area contributed by atoms with Crippen LogP contribution in [0.3, 0.4) is 0 Å². The van der Waals surface area contributed by atoms with E-state index < -0.39 is 4.87 Å². The van der Waals surface area contributed by atoms with Crippen molar-refractivity contribution in [3.8, 4) is 11.3 Å². The average molecular weight is 420 g/mol. The first-order valence-corrected chi connectivity index (χ1v) is 10.8. The molecule has 152 valence electrons. The lowest BCUT2D eigenvalue weighted by molar-refractivity contribution is -0.120. The molecular weight excluding hydrogens is 398 g/mol. The summed E-state index contributed by atoms with van der Waals surface area (Å²) in [5.74, 6) is 0.975. The molecule has 2 saturated carbocycles. The lowest BCUT2D eigenvalue weighted by Crippen LogP contribution is -2.26. The molecule has 0 spiro atoms. The molecule has 30 heavy (non-hydrogen) atoms. The number of fused-ring (bicyclic) bond motifs is 1. The number of ketones is 1. The van der Waals surface area contributed by atoms with Crippen molar-refractivity contribution in [2.24, 2.45) is 5.92 Å². The van der Waals surface area contributed by atoms with Crippen LogP contribution in [0, 0.1) is 5.92 Å². The van der Waals surface area contributed by atoms with Crippen LogP contribution in [0.25, 0.3) is 22.0 Å². The minimum Gasteiger partial charge on any atom is -0.310 e. The highest BCUT2D eigenvalue weighted by molar-refractivity contribution is 6.24. The summed E-state index contributed by atoms with van der Waals surface area (Å²) in [6.07, 6.45) is 7.82. The molecule has 6 heteroatoms. The van der Waals surface area contributed by atoms with Crippen molar-refractivity contribution in [1.82, 2.24) is 9.97 Å². The van der Waals surface area contributed by atoms with Gasteiger partial charge in [0.2, 0.25) is 5.91 Å². The van der Waals surface area contributed by atoms with Crippen molar-refractivity contribution in [2.45, 2.75) is 43.4 Å². The molecule has 0 bridgehead atoms. The number of carbonyl (C=O) groups excluding carboxylic acids is 2. The summed E-state index contributed by atoms with van der Waals surface area (Å²) in [6.45, 7) is 0. The van der Waals surface area contributed by atoms with Gasteiger partial charge in [-0.15, -0.1) is 11.6 Å². The molecule has 0 unspecified atom stereocenters. The Morgan fingerprint density at radius 1 is 1.07 bits per heavy atom. The zero-order valence-corrected chi connectivity index (χ0v) is 17.3. The van der Waals surface area contributed by atoms with Crippen molar-refractivity contribution in [3.05, 3.63) is 54.4 Å². The minimum atomic E-state index is -0.482. The molecule has 0 atom stereocenters. The largest absolute Gasteiger partial charge is 0.310 e. The van der Waals surface area contributed by atoms with Gasteiger partial charge in [0.05, 0.1) is 10.6 Å². The molecule has 1 N–H and O–H groups in total. The summed E-state index contributed by atoms with van der Waals surface area (Å²) in [5.41, 5.74) is 2.60. The van der Waals surface area contributed by atoms with Crippen molar-refractivity contribution >= 4 is 39.9 Å². The number of pyridine rings is 2. The fourth-order valence-corrected chi connectivity index (χ4v) is 4.36. The lowest BCUT2D eigenvalue weighted by Gasteiger charge is -2.31. The molecule has 1 amide bonds. The highest BCUT2D eigenvalue weighted by Crippen LogP contribution is 2.43. The van der Waals surface area contributed by atoms with Crippen LogP contribution in [0.15, 0.2) is 48.8 Å². The minimum absolute atomic E-state index is 0.0266. The Hall–Kier alpha value is -2.79. The molecule has 5 rings (SSSR count). The zero-order valence-electron chi connectivity index (χ0n) is 16.5. The molecule has 2 heterocycles. The van der Waals surface area contributed by atoms with E-state index in [2.05, 4.69) is 27.4 Å². The second-order valence-corrected chi connectivity index (χ2v) is 9.02. The second kappa shape index (κ2) is 7.47. The van der Waals surface area contributed by atoms with Gasteiger partial charge in [-0.1, -0.05) is 12.1 Å². The van der Waals surface area contributed by atoms with Crippen LogP contribution in [-0.4, -0.2) is 21.7 Å². The molecule has 0 radical (unpaired) electrons. The Morgan fingerprint density at radius 2 is 1.87 bits per heavy atom. The molecule has 0 saturated heterocycles. The first-order chi connectivity index (χ1) is 14.5. The highest BCUT2D eigenvalue weighted by atomic mass is 35.5. The fraction of sp³-hybridized carbons (Fsp3) is 0.333. The molecule has 5 nitrogen and oxygen atoms in total. The standard InChI is InChI=1S/C24H22ClN3O2/c25-24(9-7-19(29)8-10-24)18-6-5-16-13-21(27-14-17(16)12-18)20-2-1-11-26-22(20)28-23(30)15-3-4-15/h1-2,5-6,11-15H,3-4,7-10H2,(H,26,28,30). The Kier molecular flexibility index (Phi) is 4.78. The number of nitrogens with zero attached hydrogens (tertiary/aromatic N) is 2. The number of benzene rings is 1. The van der Waals surface area contributed by atoms with Crippen LogP contribution in [0.5, 0.6) is 0 Å². The van der Waals surface area contributed by atoms with Crippen molar-refractivity contribution < 1.29 is 9.59 Å². The Balaban J connectivity index is 1.46. The van der Waals surface area contributed by atoms with Crippen LogP contribution in [0.1, 0.15) is 44.1 Å². The number of alkyl halides is 1. The predicted molar refractivity (Wildman–Crippen MR) is 117 cm³/mol. The summed E-state index contributed by atoms with van der Waals surface area (Å²) >= 11 is 6.87. The number of hydrogen-bond acceptors (Lipinski definition) is 4. The molecular formula is C24H22ClN3O2. The Morgan fingerprint density at radius 3 is 2.63 bits per heavy atom. The third-order valence-corrected chi connectivity index (χ3v) is 6.71. The van der Waals surface area contributed by atoms with Gasteiger partial charge in [0, 0.05) is 42.1 Å². The lowest BCUT2D eigenvalue weighted by atomic mass is 9.82. The smallest absolute Gasteiger partial charge is 0.228 e. The number of nitrogens with one attached hydrogen (secondary N) is 1. The zero-order chi connectivity index (χ0) is 20.7. The van der Waals surface area contributed by atoms with Gasteiger partial charge in [-0.05, 0) is 60.9 Å². The van der Waals surface area contributed by atoms with E-state index in [9.17, 15) is 9.59 Å². The van der Waals surface area contributed by atoms with Gasteiger partial charge < -0.3 is 5.32 Å². The number of Topliss-reactive ketones (excluding diaryl/α,β-unsaturated/α-hetero) is 1. The molecule has 0 aliphatic heterocycles.